The van der Waals surface area contributed by atoms with E-state index in [1.807, 2.05) is 0 Å². The molecule has 1 aliphatic carbocycles. The van der Waals surface area contributed by atoms with Crippen LogP contribution in [0.5, 0.6) is 0 Å². The zero-order valence-electron chi connectivity index (χ0n) is 12.2. The number of carbonyl (C=O) groups is 1. The van der Waals surface area contributed by atoms with Crippen molar-refractivity contribution in [3.8, 4) is 0 Å². The minimum atomic E-state index is -0.636. The molecule has 6 heteroatoms. The van der Waals surface area contributed by atoms with Crippen LogP contribution in [0.1, 0.15) is 45.9 Å². The van der Waals surface area contributed by atoms with Gasteiger partial charge in [-0.3, -0.25) is 4.79 Å². The van der Waals surface area contributed by atoms with Crippen LogP contribution in [0.25, 0.3) is 0 Å². The molecule has 2 atom stereocenters. The topological polar surface area (TPSA) is 66.3 Å². The lowest BCUT2D eigenvalue weighted by Gasteiger charge is -2.22. The van der Waals surface area contributed by atoms with Gasteiger partial charge in [-0.25, -0.2) is 4.98 Å². The lowest BCUT2D eigenvalue weighted by Crippen LogP contribution is -2.35. The molecule has 0 amide bonds. The Kier molecular flexibility index (Phi) is 3.04. The molecule has 2 fully saturated rings. The van der Waals surface area contributed by atoms with E-state index in [2.05, 4.69) is 35.0 Å². The van der Waals surface area contributed by atoms with Gasteiger partial charge < -0.3 is 10.0 Å². The van der Waals surface area contributed by atoms with Crippen molar-refractivity contribution in [3.05, 3.63) is 5.82 Å². The van der Waals surface area contributed by atoms with Gasteiger partial charge in [0.05, 0.1) is 5.41 Å². The molecule has 110 valence electrons. The van der Waals surface area contributed by atoms with Gasteiger partial charge in [0.15, 0.2) is 0 Å². The molecule has 0 radical (unpaired) electrons. The van der Waals surface area contributed by atoms with Crippen LogP contribution in [-0.4, -0.2) is 33.5 Å². The number of aliphatic carboxylic acids is 1. The van der Waals surface area contributed by atoms with Crippen molar-refractivity contribution in [2.24, 2.45) is 11.3 Å². The van der Waals surface area contributed by atoms with E-state index >= 15 is 0 Å². The summed E-state index contributed by atoms with van der Waals surface area (Å²) in [6, 6.07) is 0. The SMILES string of the molecule is CC(C)(C)c1nsc(N2C[C@@H]3CCC[C@@]3(C(=O)O)C2)n1. The fraction of sp³-hybridized carbons (Fsp3) is 0.786. The summed E-state index contributed by atoms with van der Waals surface area (Å²) < 4.78 is 4.43. The molecule has 2 heterocycles. The zero-order valence-corrected chi connectivity index (χ0v) is 13.0. The molecular formula is C14H21N3O2S. The molecule has 0 unspecified atom stereocenters. The first kappa shape index (κ1) is 13.8. The van der Waals surface area contributed by atoms with E-state index < -0.39 is 11.4 Å². The first-order valence-corrected chi connectivity index (χ1v) is 7.93. The number of fused-ring (bicyclic) bond motifs is 1. The van der Waals surface area contributed by atoms with Crippen molar-refractivity contribution in [2.75, 3.05) is 18.0 Å². The summed E-state index contributed by atoms with van der Waals surface area (Å²) in [7, 11) is 0. The van der Waals surface area contributed by atoms with Crippen LogP contribution < -0.4 is 4.90 Å². The highest BCUT2D eigenvalue weighted by Crippen LogP contribution is 2.50. The first-order valence-electron chi connectivity index (χ1n) is 7.15. The van der Waals surface area contributed by atoms with Crippen molar-refractivity contribution < 1.29 is 9.90 Å². The maximum Gasteiger partial charge on any atom is 0.311 e. The molecule has 20 heavy (non-hydrogen) atoms. The molecule has 1 N–H and O–H groups in total. The smallest absolute Gasteiger partial charge is 0.311 e. The molecule has 0 spiro atoms. The largest absolute Gasteiger partial charge is 0.481 e. The molecule has 1 aromatic rings. The second kappa shape index (κ2) is 4.41. The van der Waals surface area contributed by atoms with Gasteiger partial charge in [0.1, 0.15) is 5.82 Å². The average molecular weight is 295 g/mol. The third kappa shape index (κ3) is 2.01. The summed E-state index contributed by atoms with van der Waals surface area (Å²) in [6.07, 6.45) is 2.86. The van der Waals surface area contributed by atoms with Crippen LogP contribution in [0.2, 0.25) is 0 Å². The van der Waals surface area contributed by atoms with Crippen LogP contribution >= 0.6 is 11.5 Å². The van der Waals surface area contributed by atoms with Gasteiger partial charge in [-0.2, -0.15) is 4.37 Å². The number of carboxylic acid groups (broad SMARTS) is 1. The average Bonchev–Trinajstić information content (AvgIpc) is 3.00. The van der Waals surface area contributed by atoms with Gasteiger partial charge in [0.2, 0.25) is 5.13 Å². The number of carboxylic acids is 1. The number of hydrogen-bond acceptors (Lipinski definition) is 5. The molecule has 5 nitrogen and oxygen atoms in total. The van der Waals surface area contributed by atoms with Crippen LogP contribution in [0.3, 0.4) is 0 Å². The van der Waals surface area contributed by atoms with E-state index in [0.717, 1.165) is 36.8 Å². The summed E-state index contributed by atoms with van der Waals surface area (Å²) in [5.74, 6) is 0.476. The van der Waals surface area contributed by atoms with E-state index in [9.17, 15) is 9.90 Å². The van der Waals surface area contributed by atoms with Gasteiger partial charge in [-0.15, -0.1) is 0 Å². The predicted molar refractivity (Wildman–Crippen MR) is 78.2 cm³/mol. The first-order chi connectivity index (χ1) is 9.33. The van der Waals surface area contributed by atoms with Gasteiger partial charge in [-0.1, -0.05) is 27.2 Å². The minimum Gasteiger partial charge on any atom is -0.481 e. The van der Waals surface area contributed by atoms with E-state index in [1.54, 1.807) is 0 Å². The molecule has 0 aromatic carbocycles. The van der Waals surface area contributed by atoms with Crippen molar-refractivity contribution in [2.45, 2.75) is 45.4 Å². The molecule has 0 bridgehead atoms. The second-order valence-corrected chi connectivity index (χ2v) is 7.81. The predicted octanol–water partition coefficient (Wildman–Crippen LogP) is 2.53. The van der Waals surface area contributed by atoms with Crippen molar-refractivity contribution in [1.82, 2.24) is 9.36 Å². The van der Waals surface area contributed by atoms with E-state index in [4.69, 9.17) is 0 Å². The Morgan fingerprint density at radius 2 is 2.25 bits per heavy atom. The molecule has 1 aromatic heterocycles. The van der Waals surface area contributed by atoms with Crippen LogP contribution in [0.15, 0.2) is 0 Å². The summed E-state index contributed by atoms with van der Waals surface area (Å²) in [6.45, 7) is 7.68. The van der Waals surface area contributed by atoms with Gasteiger partial charge in [0, 0.05) is 30.0 Å². The lowest BCUT2D eigenvalue weighted by molar-refractivity contribution is -0.149. The van der Waals surface area contributed by atoms with Gasteiger partial charge in [0.25, 0.3) is 0 Å². The van der Waals surface area contributed by atoms with E-state index in [-0.39, 0.29) is 11.3 Å². The summed E-state index contributed by atoms with van der Waals surface area (Å²) in [5, 5.41) is 10.5. The Balaban J connectivity index is 1.84. The highest BCUT2D eigenvalue weighted by atomic mass is 32.1. The van der Waals surface area contributed by atoms with Gasteiger partial charge >= 0.3 is 5.97 Å². The van der Waals surface area contributed by atoms with Crippen molar-refractivity contribution in [3.63, 3.8) is 0 Å². The molecular weight excluding hydrogens is 274 g/mol. The highest BCUT2D eigenvalue weighted by Gasteiger charge is 2.55. The van der Waals surface area contributed by atoms with E-state index in [1.165, 1.54) is 11.5 Å². The summed E-state index contributed by atoms with van der Waals surface area (Å²) >= 11 is 1.39. The summed E-state index contributed by atoms with van der Waals surface area (Å²) in [4.78, 5) is 18.4. The molecule has 1 saturated heterocycles. The molecule has 1 saturated carbocycles. The summed E-state index contributed by atoms with van der Waals surface area (Å²) in [5.41, 5.74) is -0.609. The fourth-order valence-electron chi connectivity index (χ4n) is 3.43. The number of rotatable bonds is 2. The minimum absolute atomic E-state index is 0.0607. The van der Waals surface area contributed by atoms with Gasteiger partial charge in [-0.05, 0) is 18.8 Å². The van der Waals surface area contributed by atoms with Crippen molar-refractivity contribution >= 4 is 22.6 Å². The number of anilines is 1. The Labute approximate surface area is 123 Å². The Morgan fingerprint density at radius 1 is 1.50 bits per heavy atom. The quantitative estimate of drug-likeness (QED) is 0.908. The third-order valence-corrected chi connectivity index (χ3v) is 5.43. The Morgan fingerprint density at radius 3 is 2.80 bits per heavy atom. The zero-order chi connectivity index (χ0) is 14.5. The van der Waals surface area contributed by atoms with Crippen molar-refractivity contribution in [1.29, 1.82) is 0 Å². The maximum atomic E-state index is 11.7. The van der Waals surface area contributed by atoms with Crippen LogP contribution in [-0.2, 0) is 10.2 Å². The Bertz CT molecular complexity index is 537. The molecule has 3 rings (SSSR count). The monoisotopic (exact) mass is 295 g/mol. The van der Waals surface area contributed by atoms with Crippen LogP contribution in [0, 0.1) is 11.3 Å². The molecule has 2 aliphatic rings. The standard InChI is InChI=1S/C14H21N3O2S/c1-13(2,3)10-15-12(20-16-10)17-7-9-5-4-6-14(9,8-17)11(18)19/h9H,4-8H2,1-3H3,(H,18,19)/t9-,14+/m0/s1. The lowest BCUT2D eigenvalue weighted by atomic mass is 9.81. The van der Waals surface area contributed by atoms with E-state index in [0.29, 0.717) is 6.54 Å². The normalized spacial score (nSPS) is 29.8. The third-order valence-electron chi connectivity index (χ3n) is 4.65. The van der Waals surface area contributed by atoms with Crippen LogP contribution in [0.4, 0.5) is 5.13 Å². The number of aromatic nitrogens is 2. The number of hydrogen-bond donors (Lipinski definition) is 1. The number of nitrogens with zero attached hydrogens (tertiary/aromatic N) is 3. The second-order valence-electron chi connectivity index (χ2n) is 7.08. The Hall–Kier alpha value is -1.17. The maximum absolute atomic E-state index is 11.7. The molecule has 1 aliphatic heterocycles. The highest BCUT2D eigenvalue weighted by molar-refractivity contribution is 7.09. The fourth-order valence-corrected chi connectivity index (χ4v) is 4.30.